The van der Waals surface area contributed by atoms with Gasteiger partial charge in [-0.1, -0.05) is 13.3 Å². The van der Waals surface area contributed by atoms with E-state index < -0.39 is 0 Å². The first-order valence-electron chi connectivity index (χ1n) is 6.72. The van der Waals surface area contributed by atoms with Gasteiger partial charge in [0.2, 0.25) is 0 Å². The van der Waals surface area contributed by atoms with Gasteiger partial charge >= 0.3 is 0 Å². The van der Waals surface area contributed by atoms with Gasteiger partial charge in [0.1, 0.15) is 0 Å². The van der Waals surface area contributed by atoms with Crippen LogP contribution in [-0.2, 0) is 0 Å². The van der Waals surface area contributed by atoms with Crippen LogP contribution in [0.2, 0.25) is 0 Å². The molecule has 1 saturated heterocycles. The molecule has 0 amide bonds. The van der Waals surface area contributed by atoms with Crippen LogP contribution in [0.5, 0.6) is 0 Å². The van der Waals surface area contributed by atoms with Crippen LogP contribution in [-0.4, -0.2) is 29.6 Å². The molecule has 0 bridgehead atoms. The molecule has 4 unspecified atom stereocenters. The molecule has 2 aliphatic rings. The maximum Gasteiger partial charge on any atom is 0.0101 e. The van der Waals surface area contributed by atoms with E-state index in [9.17, 15) is 0 Å². The monoisotopic (exact) mass is 210 g/mol. The van der Waals surface area contributed by atoms with E-state index in [1.54, 1.807) is 0 Å². The number of nitrogens with zero attached hydrogens (tertiary/aromatic N) is 1. The zero-order valence-electron chi connectivity index (χ0n) is 10.3. The molecule has 0 aromatic rings. The van der Waals surface area contributed by atoms with E-state index in [1.165, 1.54) is 45.1 Å². The molecule has 1 aliphatic heterocycles. The van der Waals surface area contributed by atoms with Gasteiger partial charge in [-0.2, -0.15) is 0 Å². The van der Waals surface area contributed by atoms with E-state index in [0.717, 1.165) is 12.0 Å². The van der Waals surface area contributed by atoms with Gasteiger partial charge in [-0.3, -0.25) is 4.90 Å². The normalized spacial score (nSPS) is 43.4. The van der Waals surface area contributed by atoms with Gasteiger partial charge in [-0.25, -0.2) is 0 Å². The molecule has 0 aromatic carbocycles. The number of rotatable bonds is 2. The van der Waals surface area contributed by atoms with Crippen molar-refractivity contribution < 1.29 is 0 Å². The Morgan fingerprint density at radius 1 is 1.20 bits per heavy atom. The lowest BCUT2D eigenvalue weighted by atomic mass is 9.96. The average molecular weight is 210 g/mol. The topological polar surface area (TPSA) is 29.3 Å². The third-order valence-electron chi connectivity index (χ3n) is 4.53. The van der Waals surface area contributed by atoms with Crippen LogP contribution in [0.3, 0.4) is 0 Å². The van der Waals surface area contributed by atoms with Crippen molar-refractivity contribution in [1.82, 2.24) is 4.90 Å². The van der Waals surface area contributed by atoms with Gasteiger partial charge in [-0.05, 0) is 44.9 Å². The first kappa shape index (κ1) is 11.4. The summed E-state index contributed by atoms with van der Waals surface area (Å²) in [4.78, 5) is 2.74. The number of hydrogen-bond donors (Lipinski definition) is 1. The summed E-state index contributed by atoms with van der Waals surface area (Å²) in [6.07, 6.45) is 8.10. The Hall–Kier alpha value is -0.0800. The van der Waals surface area contributed by atoms with Gasteiger partial charge < -0.3 is 5.73 Å². The van der Waals surface area contributed by atoms with Crippen LogP contribution < -0.4 is 5.73 Å². The second-order valence-electron chi connectivity index (χ2n) is 5.61. The summed E-state index contributed by atoms with van der Waals surface area (Å²) >= 11 is 0. The molecule has 1 saturated carbocycles. The van der Waals surface area contributed by atoms with Crippen LogP contribution in [0.25, 0.3) is 0 Å². The molecule has 0 aromatic heterocycles. The Labute approximate surface area is 94.2 Å². The van der Waals surface area contributed by atoms with Gasteiger partial charge in [0, 0.05) is 24.7 Å². The van der Waals surface area contributed by atoms with Gasteiger partial charge in [0.05, 0.1) is 0 Å². The second kappa shape index (κ2) is 4.84. The van der Waals surface area contributed by atoms with Crippen LogP contribution in [0.4, 0.5) is 0 Å². The highest BCUT2D eigenvalue weighted by atomic mass is 15.2. The average Bonchev–Trinajstić information content (AvgIpc) is 2.66. The molecular weight excluding hydrogens is 184 g/mol. The number of hydrogen-bond acceptors (Lipinski definition) is 2. The van der Waals surface area contributed by atoms with Gasteiger partial charge in [0.15, 0.2) is 0 Å². The molecule has 0 radical (unpaired) electrons. The zero-order chi connectivity index (χ0) is 10.8. The number of nitrogens with two attached hydrogens (primary N) is 1. The maximum atomic E-state index is 6.01. The third-order valence-corrected chi connectivity index (χ3v) is 4.53. The summed E-state index contributed by atoms with van der Waals surface area (Å²) in [5.74, 6) is 0.998. The van der Waals surface area contributed by atoms with Crippen LogP contribution in [0.15, 0.2) is 0 Å². The molecular formula is C13H26N2. The summed E-state index contributed by atoms with van der Waals surface area (Å²) in [6.45, 7) is 5.93. The van der Waals surface area contributed by atoms with Crippen LogP contribution in [0.1, 0.15) is 52.4 Å². The summed E-state index contributed by atoms with van der Waals surface area (Å²) in [5, 5.41) is 0. The van der Waals surface area contributed by atoms with E-state index in [-0.39, 0.29) is 0 Å². The Kier molecular flexibility index (Phi) is 3.68. The SMILES string of the molecule is CCC1CCC(N2CCC(N)CC2C)C1. The maximum absolute atomic E-state index is 6.01. The lowest BCUT2D eigenvalue weighted by Crippen LogP contribution is -2.49. The molecule has 2 N–H and O–H groups in total. The number of piperidine rings is 1. The molecule has 88 valence electrons. The zero-order valence-corrected chi connectivity index (χ0v) is 10.3. The van der Waals surface area contributed by atoms with Crippen LogP contribution >= 0.6 is 0 Å². The number of likely N-dealkylation sites (tertiary alicyclic amines) is 1. The Balaban J connectivity index is 1.88. The minimum absolute atomic E-state index is 0.458. The molecule has 4 atom stereocenters. The molecule has 2 heteroatoms. The van der Waals surface area contributed by atoms with Gasteiger partial charge in [-0.15, -0.1) is 0 Å². The molecule has 2 nitrogen and oxygen atoms in total. The first-order chi connectivity index (χ1) is 7.20. The highest BCUT2D eigenvalue weighted by molar-refractivity contribution is 4.89. The molecule has 1 aliphatic carbocycles. The lowest BCUT2D eigenvalue weighted by molar-refractivity contribution is 0.0960. The Bertz CT molecular complexity index is 205. The fraction of sp³-hybridized carbons (Fsp3) is 1.00. The van der Waals surface area contributed by atoms with E-state index in [1.807, 2.05) is 0 Å². The van der Waals surface area contributed by atoms with E-state index >= 15 is 0 Å². The van der Waals surface area contributed by atoms with Crippen molar-refractivity contribution >= 4 is 0 Å². The molecule has 2 rings (SSSR count). The summed E-state index contributed by atoms with van der Waals surface area (Å²) < 4.78 is 0. The Morgan fingerprint density at radius 2 is 2.00 bits per heavy atom. The second-order valence-corrected chi connectivity index (χ2v) is 5.61. The van der Waals surface area contributed by atoms with Crippen LogP contribution in [0, 0.1) is 5.92 Å². The fourth-order valence-corrected chi connectivity index (χ4v) is 3.49. The first-order valence-corrected chi connectivity index (χ1v) is 6.72. The Morgan fingerprint density at radius 3 is 2.60 bits per heavy atom. The predicted molar refractivity (Wildman–Crippen MR) is 64.8 cm³/mol. The summed E-state index contributed by atoms with van der Waals surface area (Å²) in [7, 11) is 0. The van der Waals surface area contributed by atoms with E-state index in [2.05, 4.69) is 18.7 Å². The van der Waals surface area contributed by atoms with Crippen molar-refractivity contribution in [3.63, 3.8) is 0 Å². The summed E-state index contributed by atoms with van der Waals surface area (Å²) in [5.41, 5.74) is 6.01. The van der Waals surface area contributed by atoms with Crippen molar-refractivity contribution in [1.29, 1.82) is 0 Å². The van der Waals surface area contributed by atoms with Crippen molar-refractivity contribution in [3.05, 3.63) is 0 Å². The third kappa shape index (κ3) is 2.54. The molecule has 0 spiro atoms. The standard InChI is InChI=1S/C13H26N2/c1-3-11-4-5-13(9-11)15-7-6-12(14)8-10(15)2/h10-13H,3-9,14H2,1-2H3. The van der Waals surface area contributed by atoms with Crippen molar-refractivity contribution in [2.24, 2.45) is 11.7 Å². The highest BCUT2D eigenvalue weighted by Gasteiger charge is 2.33. The smallest absolute Gasteiger partial charge is 0.0101 e. The molecule has 15 heavy (non-hydrogen) atoms. The van der Waals surface area contributed by atoms with Gasteiger partial charge in [0.25, 0.3) is 0 Å². The summed E-state index contributed by atoms with van der Waals surface area (Å²) in [6, 6.07) is 2.05. The van der Waals surface area contributed by atoms with Crippen molar-refractivity contribution in [2.75, 3.05) is 6.54 Å². The van der Waals surface area contributed by atoms with Crippen molar-refractivity contribution in [2.45, 2.75) is 70.5 Å². The fourth-order valence-electron chi connectivity index (χ4n) is 3.49. The van der Waals surface area contributed by atoms with E-state index in [0.29, 0.717) is 12.1 Å². The highest BCUT2D eigenvalue weighted by Crippen LogP contribution is 2.34. The largest absolute Gasteiger partial charge is 0.328 e. The molecule has 2 fully saturated rings. The minimum Gasteiger partial charge on any atom is -0.328 e. The quantitative estimate of drug-likeness (QED) is 0.758. The minimum atomic E-state index is 0.458. The van der Waals surface area contributed by atoms with Crippen molar-refractivity contribution in [3.8, 4) is 0 Å². The lowest BCUT2D eigenvalue weighted by Gasteiger charge is -2.40. The predicted octanol–water partition coefficient (Wildman–Crippen LogP) is 2.38. The van der Waals surface area contributed by atoms with E-state index in [4.69, 9.17) is 5.73 Å². The molecule has 1 heterocycles.